The molecule has 3 N–H and O–H groups in total. The average Bonchev–Trinajstić information content (AvgIpc) is 3.23. The largest absolute Gasteiger partial charge is 0.481 e. The Balaban J connectivity index is 1.64. The molecule has 29 heavy (non-hydrogen) atoms. The number of amides is 2. The molecule has 1 aliphatic rings. The van der Waals surface area contributed by atoms with E-state index in [2.05, 4.69) is 0 Å². The van der Waals surface area contributed by atoms with E-state index < -0.39 is 17.9 Å². The summed E-state index contributed by atoms with van der Waals surface area (Å²) in [5.74, 6) is -2.08. The van der Waals surface area contributed by atoms with Crippen molar-refractivity contribution in [2.24, 2.45) is 5.73 Å². The second-order valence-electron chi connectivity index (χ2n) is 6.69. The highest BCUT2D eigenvalue weighted by atomic mass is 32.1. The predicted molar refractivity (Wildman–Crippen MR) is 104 cm³/mol. The molecule has 8 nitrogen and oxygen atoms in total. The number of hydrogen-bond donors (Lipinski definition) is 2. The van der Waals surface area contributed by atoms with E-state index in [4.69, 9.17) is 15.6 Å². The zero-order chi connectivity index (χ0) is 21.0. The number of hydrogen-bond acceptors (Lipinski definition) is 6. The Morgan fingerprint density at radius 3 is 2.62 bits per heavy atom. The summed E-state index contributed by atoms with van der Waals surface area (Å²) in [6.07, 6.45) is 0.508. The van der Waals surface area contributed by atoms with Crippen LogP contribution in [0.25, 0.3) is 0 Å². The molecule has 2 heterocycles. The number of aliphatic carboxylic acids is 1. The maximum absolute atomic E-state index is 12.7. The Hall–Kier alpha value is -3.04. The lowest BCUT2D eigenvalue weighted by Crippen LogP contribution is -2.45. The number of benzene rings is 1. The molecule has 3 rings (SSSR count). The molecule has 1 aromatic heterocycles. The van der Waals surface area contributed by atoms with Crippen LogP contribution >= 0.6 is 11.3 Å². The molecule has 1 aromatic carbocycles. The minimum Gasteiger partial charge on any atom is -0.481 e. The Kier molecular flexibility index (Phi) is 6.40. The number of primary amides is 1. The summed E-state index contributed by atoms with van der Waals surface area (Å²) in [5, 5.41) is 10.6. The van der Waals surface area contributed by atoms with Gasteiger partial charge in [0.05, 0.1) is 18.8 Å². The maximum Gasteiger partial charge on any atom is 0.303 e. The minimum absolute atomic E-state index is 0.0211. The summed E-state index contributed by atoms with van der Waals surface area (Å²) in [6, 6.07) is 6.10. The van der Waals surface area contributed by atoms with Crippen LogP contribution in [0.1, 0.15) is 49.6 Å². The number of carbonyl (C=O) groups is 4. The van der Waals surface area contributed by atoms with Crippen LogP contribution in [0.5, 0.6) is 0 Å². The van der Waals surface area contributed by atoms with Gasteiger partial charge in [0.15, 0.2) is 0 Å². The molecule has 2 amide bonds. The van der Waals surface area contributed by atoms with Crippen molar-refractivity contribution < 1.29 is 29.0 Å². The number of carboxylic acids is 1. The zero-order valence-electron chi connectivity index (χ0n) is 15.5. The first kappa shape index (κ1) is 20.7. The molecule has 2 aromatic rings. The van der Waals surface area contributed by atoms with Gasteiger partial charge in [-0.2, -0.15) is 0 Å². The lowest BCUT2D eigenvalue weighted by atomic mass is 10.1. The summed E-state index contributed by atoms with van der Waals surface area (Å²) in [5.41, 5.74) is 8.21. The standard InChI is InChI=1S/C20H20N2O6S/c21-19(26)16(5-6-18(24)25)22-7-14-15(20(22)27)11-29-17(14)10-28-9-13-3-1-12(8-23)2-4-13/h1-4,8,11,16H,5-7,9-10H2,(H2,21,26)(H,24,25)/t16-/m0/s1. The SMILES string of the molecule is NC(=O)[C@H](CCC(=O)O)N1Cc2c(csc2COCc2ccc(C=O)cc2)C1=O. The van der Waals surface area contributed by atoms with Crippen LogP contribution in [0.2, 0.25) is 0 Å². The van der Waals surface area contributed by atoms with Gasteiger partial charge < -0.3 is 20.5 Å². The van der Waals surface area contributed by atoms with Crippen LogP contribution in [-0.4, -0.2) is 40.1 Å². The van der Waals surface area contributed by atoms with Crippen molar-refractivity contribution in [3.05, 3.63) is 56.8 Å². The van der Waals surface area contributed by atoms with Gasteiger partial charge in [0.25, 0.3) is 5.91 Å². The molecule has 0 spiro atoms. The third-order valence-corrected chi connectivity index (χ3v) is 5.76. The molecule has 1 aliphatic heterocycles. The van der Waals surface area contributed by atoms with Crippen molar-refractivity contribution in [1.29, 1.82) is 0 Å². The fraction of sp³-hybridized carbons (Fsp3) is 0.300. The Bertz CT molecular complexity index is 937. The van der Waals surface area contributed by atoms with Gasteiger partial charge in [-0.25, -0.2) is 0 Å². The average molecular weight is 416 g/mol. The fourth-order valence-electron chi connectivity index (χ4n) is 3.21. The van der Waals surface area contributed by atoms with Crippen molar-refractivity contribution in [2.45, 2.75) is 38.6 Å². The lowest BCUT2D eigenvalue weighted by molar-refractivity contribution is -0.137. The van der Waals surface area contributed by atoms with Crippen LogP contribution in [0, 0.1) is 0 Å². The van der Waals surface area contributed by atoms with Gasteiger partial charge in [-0.3, -0.25) is 19.2 Å². The van der Waals surface area contributed by atoms with Crippen molar-refractivity contribution in [2.75, 3.05) is 0 Å². The molecule has 0 aliphatic carbocycles. The van der Waals surface area contributed by atoms with Gasteiger partial charge in [0.1, 0.15) is 12.3 Å². The highest BCUT2D eigenvalue weighted by molar-refractivity contribution is 7.10. The van der Waals surface area contributed by atoms with Gasteiger partial charge in [0.2, 0.25) is 5.91 Å². The molecule has 0 fully saturated rings. The fourth-order valence-corrected chi connectivity index (χ4v) is 4.18. The normalized spacial score (nSPS) is 13.9. The summed E-state index contributed by atoms with van der Waals surface area (Å²) >= 11 is 1.41. The van der Waals surface area contributed by atoms with Gasteiger partial charge >= 0.3 is 5.97 Å². The number of rotatable bonds is 10. The van der Waals surface area contributed by atoms with Gasteiger partial charge in [-0.15, -0.1) is 11.3 Å². The van der Waals surface area contributed by atoms with E-state index in [1.807, 2.05) is 12.1 Å². The molecular formula is C20H20N2O6S. The number of nitrogens with two attached hydrogens (primary N) is 1. The van der Waals surface area contributed by atoms with Crippen LogP contribution in [0.4, 0.5) is 0 Å². The molecule has 0 saturated heterocycles. The molecular weight excluding hydrogens is 396 g/mol. The first-order valence-corrected chi connectivity index (χ1v) is 9.82. The van der Waals surface area contributed by atoms with Gasteiger partial charge in [0, 0.05) is 34.3 Å². The number of aldehydes is 1. The molecule has 0 saturated carbocycles. The molecule has 0 unspecified atom stereocenters. The van der Waals surface area contributed by atoms with Crippen molar-refractivity contribution in [3.63, 3.8) is 0 Å². The molecule has 9 heteroatoms. The summed E-state index contributed by atoms with van der Waals surface area (Å²) < 4.78 is 5.74. The molecule has 152 valence electrons. The number of carboxylic acid groups (broad SMARTS) is 1. The maximum atomic E-state index is 12.7. The smallest absolute Gasteiger partial charge is 0.303 e. The molecule has 0 bridgehead atoms. The first-order chi connectivity index (χ1) is 13.9. The third-order valence-electron chi connectivity index (χ3n) is 4.75. The monoisotopic (exact) mass is 416 g/mol. The summed E-state index contributed by atoms with van der Waals surface area (Å²) in [6.45, 7) is 0.858. The highest BCUT2D eigenvalue weighted by Gasteiger charge is 2.37. The number of carbonyl (C=O) groups excluding carboxylic acids is 3. The zero-order valence-corrected chi connectivity index (χ0v) is 16.3. The minimum atomic E-state index is -1.05. The van der Waals surface area contributed by atoms with Crippen LogP contribution < -0.4 is 5.73 Å². The molecule has 0 radical (unpaired) electrons. The lowest BCUT2D eigenvalue weighted by Gasteiger charge is -2.24. The van der Waals surface area contributed by atoms with Crippen LogP contribution in [0.3, 0.4) is 0 Å². The Morgan fingerprint density at radius 1 is 1.28 bits per heavy atom. The quantitative estimate of drug-likeness (QED) is 0.570. The highest BCUT2D eigenvalue weighted by Crippen LogP contribution is 2.33. The molecule has 1 atom stereocenters. The summed E-state index contributed by atoms with van der Waals surface area (Å²) in [4.78, 5) is 48.2. The van der Waals surface area contributed by atoms with E-state index in [1.165, 1.54) is 16.2 Å². The van der Waals surface area contributed by atoms with Gasteiger partial charge in [-0.05, 0) is 12.0 Å². The van der Waals surface area contributed by atoms with Crippen molar-refractivity contribution in [3.8, 4) is 0 Å². The predicted octanol–water partition coefficient (Wildman–Crippen LogP) is 1.95. The Morgan fingerprint density at radius 2 is 2.00 bits per heavy atom. The van der Waals surface area contributed by atoms with E-state index in [0.29, 0.717) is 24.3 Å². The van der Waals surface area contributed by atoms with Crippen LogP contribution in [0.15, 0.2) is 29.6 Å². The first-order valence-electron chi connectivity index (χ1n) is 8.94. The van der Waals surface area contributed by atoms with E-state index in [1.54, 1.807) is 17.5 Å². The third kappa shape index (κ3) is 4.69. The van der Waals surface area contributed by atoms with Crippen molar-refractivity contribution >= 4 is 35.4 Å². The summed E-state index contributed by atoms with van der Waals surface area (Å²) in [7, 11) is 0. The van der Waals surface area contributed by atoms with E-state index in [0.717, 1.165) is 22.3 Å². The van der Waals surface area contributed by atoms with E-state index >= 15 is 0 Å². The number of ether oxygens (including phenoxy) is 1. The van der Waals surface area contributed by atoms with E-state index in [9.17, 15) is 19.2 Å². The number of thiophene rings is 1. The number of fused-ring (bicyclic) bond motifs is 1. The van der Waals surface area contributed by atoms with Crippen molar-refractivity contribution in [1.82, 2.24) is 4.90 Å². The van der Waals surface area contributed by atoms with Gasteiger partial charge in [-0.1, -0.05) is 24.3 Å². The van der Waals surface area contributed by atoms with Crippen LogP contribution in [-0.2, 0) is 34.1 Å². The Labute approximate surface area is 170 Å². The number of nitrogens with zero attached hydrogens (tertiary/aromatic N) is 1. The van der Waals surface area contributed by atoms with E-state index in [-0.39, 0.29) is 25.3 Å². The second-order valence-corrected chi connectivity index (χ2v) is 7.65. The topological polar surface area (TPSA) is 127 Å². The second kappa shape index (κ2) is 8.97.